The fourth-order valence-electron chi connectivity index (χ4n) is 5.93. The molecule has 11 heteroatoms. The SMILES string of the molecule is NC(=C(COC1CC2CC[C@@H](C1)N2c1nc2ccc(C(=O)O)cc2s1)C(=O)C1CC1)c1ccccc1C(F)(F)F. The molecule has 0 radical (unpaired) electrons. The largest absolute Gasteiger partial charge is 0.478 e. The highest BCUT2D eigenvalue weighted by molar-refractivity contribution is 7.22. The number of fused-ring (bicyclic) bond motifs is 3. The summed E-state index contributed by atoms with van der Waals surface area (Å²) in [5.41, 5.74) is 6.14. The number of thiazole rings is 1. The summed E-state index contributed by atoms with van der Waals surface area (Å²) in [4.78, 5) is 31.5. The van der Waals surface area contributed by atoms with Crippen molar-refractivity contribution in [3.63, 3.8) is 0 Å². The number of benzene rings is 2. The number of halogens is 3. The number of hydrogen-bond donors (Lipinski definition) is 2. The van der Waals surface area contributed by atoms with E-state index in [1.54, 1.807) is 18.2 Å². The molecule has 2 unspecified atom stereocenters. The van der Waals surface area contributed by atoms with Crippen LogP contribution in [0.25, 0.3) is 15.9 Å². The summed E-state index contributed by atoms with van der Waals surface area (Å²) in [6.45, 7) is -0.128. The molecule has 1 aromatic heterocycles. The molecule has 3 heterocycles. The summed E-state index contributed by atoms with van der Waals surface area (Å²) in [7, 11) is 0. The van der Waals surface area contributed by atoms with Gasteiger partial charge in [-0.05, 0) is 62.8 Å². The van der Waals surface area contributed by atoms with Gasteiger partial charge in [-0.2, -0.15) is 13.2 Å². The van der Waals surface area contributed by atoms with Crippen LogP contribution in [0.3, 0.4) is 0 Å². The van der Waals surface area contributed by atoms with E-state index in [-0.39, 0.29) is 58.9 Å². The monoisotopic (exact) mass is 571 g/mol. The molecule has 2 bridgehead atoms. The molecule has 2 aliphatic heterocycles. The minimum Gasteiger partial charge on any atom is -0.478 e. The number of alkyl halides is 3. The van der Waals surface area contributed by atoms with E-state index in [9.17, 15) is 27.9 Å². The summed E-state index contributed by atoms with van der Waals surface area (Å²) >= 11 is 1.47. The van der Waals surface area contributed by atoms with Crippen LogP contribution in [-0.2, 0) is 15.7 Å². The number of piperidine rings is 1. The lowest BCUT2D eigenvalue weighted by molar-refractivity contribution is -0.137. The Balaban J connectivity index is 1.20. The van der Waals surface area contributed by atoms with Crippen LogP contribution in [0.5, 0.6) is 0 Å². The average molecular weight is 572 g/mol. The third-order valence-corrected chi connectivity index (χ3v) is 9.12. The minimum atomic E-state index is -4.60. The minimum absolute atomic E-state index is 0.120. The van der Waals surface area contributed by atoms with Crippen molar-refractivity contribution in [2.24, 2.45) is 11.7 Å². The third kappa shape index (κ3) is 5.08. The van der Waals surface area contributed by atoms with Gasteiger partial charge >= 0.3 is 12.1 Å². The summed E-state index contributed by atoms with van der Waals surface area (Å²) in [6.07, 6.45) is -0.0818. The molecule has 6 rings (SSSR count). The highest BCUT2D eigenvalue weighted by atomic mass is 32.1. The van der Waals surface area contributed by atoms with Gasteiger partial charge < -0.3 is 20.5 Å². The van der Waals surface area contributed by atoms with Crippen molar-refractivity contribution in [2.75, 3.05) is 11.5 Å². The van der Waals surface area contributed by atoms with E-state index >= 15 is 0 Å². The van der Waals surface area contributed by atoms with Crippen LogP contribution in [0.1, 0.15) is 60.0 Å². The first-order valence-electron chi connectivity index (χ1n) is 13.3. The zero-order valence-corrected chi connectivity index (χ0v) is 22.3. The first kappa shape index (κ1) is 26.8. The topological polar surface area (TPSA) is 106 Å². The van der Waals surface area contributed by atoms with Gasteiger partial charge in [0.15, 0.2) is 10.9 Å². The number of ketones is 1. The van der Waals surface area contributed by atoms with Crippen molar-refractivity contribution in [2.45, 2.75) is 62.9 Å². The number of carboxylic acid groups (broad SMARTS) is 1. The standard InChI is InChI=1S/C29H28F3N3O4S/c30-29(31,32)22-4-2-1-3-20(22)25(33)21(26(36)15-5-6-15)14-39-19-12-17-8-9-18(13-19)35(17)28-34-23-10-7-16(27(37)38)11-24(23)40-28/h1-4,7,10-11,15,17-19H,5-6,8-9,12-14,33H2,(H,37,38)/t17-,18?,19?/m0/s1. The molecule has 210 valence electrons. The lowest BCUT2D eigenvalue weighted by atomic mass is 9.97. The molecule has 1 saturated carbocycles. The molecule has 3 aliphatic rings. The van der Waals surface area contributed by atoms with Crippen molar-refractivity contribution in [3.8, 4) is 0 Å². The molecule has 3 N–H and O–H groups in total. The molecule has 40 heavy (non-hydrogen) atoms. The lowest BCUT2D eigenvalue weighted by Gasteiger charge is -2.38. The summed E-state index contributed by atoms with van der Waals surface area (Å²) in [6, 6.07) is 10.3. The number of hydrogen-bond acceptors (Lipinski definition) is 7. The maximum atomic E-state index is 13.7. The van der Waals surface area contributed by atoms with Crippen LogP contribution in [0.2, 0.25) is 0 Å². The van der Waals surface area contributed by atoms with Crippen LogP contribution in [0.15, 0.2) is 48.0 Å². The highest BCUT2D eigenvalue weighted by Gasteiger charge is 2.43. The number of nitrogens with two attached hydrogens (primary N) is 1. The molecule has 2 aromatic carbocycles. The molecule has 7 nitrogen and oxygen atoms in total. The summed E-state index contributed by atoms with van der Waals surface area (Å²) < 4.78 is 48.1. The van der Waals surface area contributed by atoms with E-state index in [0.29, 0.717) is 25.7 Å². The van der Waals surface area contributed by atoms with Gasteiger partial charge in [-0.3, -0.25) is 4.79 Å². The zero-order valence-electron chi connectivity index (χ0n) is 21.5. The van der Waals surface area contributed by atoms with E-state index in [1.165, 1.54) is 29.5 Å². The van der Waals surface area contributed by atoms with Gasteiger partial charge in [0.05, 0.1) is 34.1 Å². The van der Waals surface area contributed by atoms with Gasteiger partial charge in [0, 0.05) is 34.8 Å². The van der Waals surface area contributed by atoms with E-state index < -0.39 is 17.7 Å². The number of carbonyl (C=O) groups excluding carboxylic acids is 1. The number of nitrogens with zero attached hydrogens (tertiary/aromatic N) is 2. The van der Waals surface area contributed by atoms with Crippen molar-refractivity contribution < 1.29 is 32.6 Å². The van der Waals surface area contributed by atoms with Crippen LogP contribution >= 0.6 is 11.3 Å². The Morgan fingerprint density at radius 3 is 2.42 bits per heavy atom. The Bertz CT molecular complexity index is 1500. The Morgan fingerprint density at radius 1 is 1.07 bits per heavy atom. The second kappa shape index (κ2) is 10.2. The molecule has 1 aliphatic carbocycles. The molecule has 0 spiro atoms. The smallest absolute Gasteiger partial charge is 0.417 e. The fraction of sp³-hybridized carbons (Fsp3) is 0.414. The number of Topliss-reactive ketones (excluding diaryl/α,β-unsaturated/α-hetero) is 1. The number of aromatic nitrogens is 1. The number of carboxylic acids is 1. The van der Waals surface area contributed by atoms with Crippen molar-refractivity contribution in [1.82, 2.24) is 4.98 Å². The predicted molar refractivity (Wildman–Crippen MR) is 145 cm³/mol. The Hall–Kier alpha value is -3.44. The molecule has 0 amide bonds. The molecule has 3 fully saturated rings. The first-order valence-corrected chi connectivity index (χ1v) is 14.1. The molecule has 3 atom stereocenters. The molecular formula is C29H28F3N3O4S. The van der Waals surface area contributed by atoms with Crippen LogP contribution in [0.4, 0.5) is 18.3 Å². The van der Waals surface area contributed by atoms with Gasteiger partial charge in [-0.15, -0.1) is 0 Å². The third-order valence-electron chi connectivity index (χ3n) is 8.09. The zero-order chi connectivity index (χ0) is 28.2. The quantitative estimate of drug-likeness (QED) is 0.325. The molecular weight excluding hydrogens is 543 g/mol. The number of anilines is 1. The lowest BCUT2D eigenvalue weighted by Crippen LogP contribution is -2.45. The number of rotatable bonds is 8. The predicted octanol–water partition coefficient (Wildman–Crippen LogP) is 5.88. The van der Waals surface area contributed by atoms with Gasteiger partial charge in [0.1, 0.15) is 0 Å². The Kier molecular flexibility index (Phi) is 6.82. The normalized spacial score (nSPS) is 23.4. The van der Waals surface area contributed by atoms with Crippen LogP contribution in [-0.4, -0.2) is 46.6 Å². The van der Waals surface area contributed by atoms with Gasteiger partial charge in [-0.25, -0.2) is 9.78 Å². The van der Waals surface area contributed by atoms with Crippen molar-refractivity contribution in [3.05, 3.63) is 64.7 Å². The average Bonchev–Trinajstić information content (AvgIpc) is 3.63. The molecule has 2 saturated heterocycles. The van der Waals surface area contributed by atoms with Crippen LogP contribution in [0, 0.1) is 5.92 Å². The molecule has 3 aromatic rings. The van der Waals surface area contributed by atoms with Crippen LogP contribution < -0.4 is 10.6 Å². The second-order valence-corrected chi connectivity index (χ2v) is 11.8. The number of ether oxygens (including phenoxy) is 1. The number of aromatic carboxylic acids is 1. The van der Waals surface area contributed by atoms with E-state index in [4.69, 9.17) is 15.5 Å². The van der Waals surface area contributed by atoms with E-state index in [1.807, 2.05) is 0 Å². The van der Waals surface area contributed by atoms with E-state index in [2.05, 4.69) is 4.90 Å². The van der Waals surface area contributed by atoms with Crippen molar-refractivity contribution in [1.29, 1.82) is 0 Å². The summed E-state index contributed by atoms with van der Waals surface area (Å²) in [5.74, 6) is -1.43. The fourth-order valence-corrected chi connectivity index (χ4v) is 7.08. The summed E-state index contributed by atoms with van der Waals surface area (Å²) in [5, 5.41) is 10.2. The van der Waals surface area contributed by atoms with Gasteiger partial charge in [0.2, 0.25) is 0 Å². The first-order chi connectivity index (χ1) is 19.1. The maximum absolute atomic E-state index is 13.7. The van der Waals surface area contributed by atoms with E-state index in [0.717, 1.165) is 34.3 Å². The van der Waals surface area contributed by atoms with Gasteiger partial charge in [0.25, 0.3) is 0 Å². The maximum Gasteiger partial charge on any atom is 0.417 e. The Morgan fingerprint density at radius 2 is 1.77 bits per heavy atom. The highest BCUT2D eigenvalue weighted by Crippen LogP contribution is 2.43. The second-order valence-electron chi connectivity index (χ2n) is 10.8. The Labute approximate surface area is 232 Å². The van der Waals surface area contributed by atoms with Crippen molar-refractivity contribution >= 4 is 44.1 Å². The van der Waals surface area contributed by atoms with Gasteiger partial charge in [-0.1, -0.05) is 29.5 Å². The number of carbonyl (C=O) groups is 2.